The molecule has 0 bridgehead atoms. The minimum atomic E-state index is -2.25. The van der Waals surface area contributed by atoms with Gasteiger partial charge in [0, 0.05) is 6.61 Å². The number of hydrogen-bond donors (Lipinski definition) is 0. The second-order valence-corrected chi connectivity index (χ2v) is 12.6. The molecule has 0 aliphatic heterocycles. The molecule has 0 N–H and O–H groups in total. The first-order valence-corrected chi connectivity index (χ1v) is 15.3. The van der Waals surface area contributed by atoms with Crippen molar-refractivity contribution in [1.29, 1.82) is 0 Å². The van der Waals surface area contributed by atoms with E-state index in [4.69, 9.17) is 32.1 Å². The maximum Gasteiger partial charge on any atom is 0.392 e. The molecule has 1 aromatic rings. The second-order valence-electron chi connectivity index (χ2n) is 8.50. The molecule has 168 valence electrons. The van der Waals surface area contributed by atoms with Gasteiger partial charge in [-0.15, -0.1) is 0 Å². The van der Waals surface area contributed by atoms with Gasteiger partial charge < -0.3 is 8.85 Å². The highest BCUT2D eigenvalue weighted by Crippen LogP contribution is 2.33. The first-order chi connectivity index (χ1) is 14.0. The molecule has 0 heterocycles. The first kappa shape index (κ1) is 26.8. The van der Waals surface area contributed by atoms with Crippen LogP contribution in [-0.4, -0.2) is 15.2 Å². The molecule has 2 nitrogen and oxygen atoms in total. The van der Waals surface area contributed by atoms with E-state index in [1.807, 2.05) is 25.2 Å². The van der Waals surface area contributed by atoms with E-state index in [1.165, 1.54) is 83.5 Å². The van der Waals surface area contributed by atoms with Crippen LogP contribution in [0.3, 0.4) is 0 Å². The van der Waals surface area contributed by atoms with E-state index >= 15 is 0 Å². The van der Waals surface area contributed by atoms with Crippen LogP contribution in [0.15, 0.2) is 18.2 Å². The molecule has 0 fully saturated rings. The number of rotatable bonds is 18. The van der Waals surface area contributed by atoms with Crippen LogP contribution < -0.4 is 4.43 Å². The summed E-state index contributed by atoms with van der Waals surface area (Å²) in [4.78, 5) is 0. The summed E-state index contributed by atoms with van der Waals surface area (Å²) in [6.07, 6.45) is 19.1. The molecule has 1 aromatic carbocycles. The van der Waals surface area contributed by atoms with Gasteiger partial charge in [0.1, 0.15) is 5.75 Å². The molecule has 0 saturated carbocycles. The van der Waals surface area contributed by atoms with Crippen LogP contribution in [0.4, 0.5) is 0 Å². The van der Waals surface area contributed by atoms with E-state index in [1.54, 1.807) is 6.07 Å². The van der Waals surface area contributed by atoms with Crippen LogP contribution in [-0.2, 0) is 4.43 Å². The highest BCUT2D eigenvalue weighted by molar-refractivity contribution is 6.65. The van der Waals surface area contributed by atoms with Gasteiger partial charge in [-0.05, 0) is 31.6 Å². The van der Waals surface area contributed by atoms with Crippen molar-refractivity contribution in [1.82, 2.24) is 0 Å². The SMILES string of the molecule is CCCCCCCCCCCCCCCCO[Si](C)(C)Oc1cccc(Cl)c1Cl. The summed E-state index contributed by atoms with van der Waals surface area (Å²) in [5.74, 6) is 0.622. The molecule has 1 rings (SSSR count). The Labute approximate surface area is 190 Å². The minimum Gasteiger partial charge on any atom is -0.519 e. The molecule has 0 atom stereocenters. The highest BCUT2D eigenvalue weighted by Gasteiger charge is 2.27. The third-order valence-corrected chi connectivity index (χ3v) is 7.63. The quantitative estimate of drug-likeness (QED) is 0.160. The molecule has 0 aliphatic carbocycles. The zero-order valence-electron chi connectivity index (χ0n) is 18.9. The van der Waals surface area contributed by atoms with Gasteiger partial charge in [-0.25, -0.2) is 0 Å². The molecule has 0 radical (unpaired) electrons. The van der Waals surface area contributed by atoms with Gasteiger partial charge in [0.25, 0.3) is 0 Å². The molecule has 0 saturated heterocycles. The predicted molar refractivity (Wildman–Crippen MR) is 131 cm³/mol. The highest BCUT2D eigenvalue weighted by atomic mass is 35.5. The Morgan fingerprint density at radius 3 is 1.72 bits per heavy atom. The Bertz CT molecular complexity index is 538. The van der Waals surface area contributed by atoms with Crippen molar-refractivity contribution in [2.45, 2.75) is 110 Å². The molecule has 29 heavy (non-hydrogen) atoms. The van der Waals surface area contributed by atoms with E-state index < -0.39 is 8.56 Å². The fraction of sp³-hybridized carbons (Fsp3) is 0.750. The largest absolute Gasteiger partial charge is 0.519 e. The number of hydrogen-bond acceptors (Lipinski definition) is 2. The van der Waals surface area contributed by atoms with Gasteiger partial charge in [0.05, 0.1) is 10.0 Å². The van der Waals surface area contributed by atoms with Gasteiger partial charge in [-0.2, -0.15) is 0 Å². The third-order valence-electron chi connectivity index (χ3n) is 5.22. The number of halogens is 2. The van der Waals surface area contributed by atoms with Crippen LogP contribution in [0.5, 0.6) is 5.75 Å². The van der Waals surface area contributed by atoms with Gasteiger partial charge in [0.15, 0.2) is 0 Å². The predicted octanol–water partition coefficient (Wildman–Crippen LogP) is 9.57. The van der Waals surface area contributed by atoms with Crippen LogP contribution in [0.1, 0.15) is 96.8 Å². The summed E-state index contributed by atoms with van der Waals surface area (Å²) in [5.41, 5.74) is 0. The average molecular weight is 462 g/mol. The molecular formula is C24H42Cl2O2Si. The lowest BCUT2D eigenvalue weighted by Crippen LogP contribution is -2.38. The van der Waals surface area contributed by atoms with Gasteiger partial charge >= 0.3 is 8.56 Å². The first-order valence-electron chi connectivity index (χ1n) is 11.7. The molecule has 0 unspecified atom stereocenters. The molecular weight excluding hydrogens is 419 g/mol. The molecule has 5 heteroatoms. The van der Waals surface area contributed by atoms with Gasteiger partial charge in [0.2, 0.25) is 0 Å². The molecule has 0 spiro atoms. The van der Waals surface area contributed by atoms with Gasteiger partial charge in [-0.1, -0.05) is 120 Å². The normalized spacial score (nSPS) is 11.8. The molecule has 0 amide bonds. The average Bonchev–Trinajstić information content (AvgIpc) is 2.68. The van der Waals surface area contributed by atoms with E-state index in [0.29, 0.717) is 15.8 Å². The zero-order chi connectivity index (χ0) is 21.4. The van der Waals surface area contributed by atoms with E-state index in [-0.39, 0.29) is 0 Å². The van der Waals surface area contributed by atoms with Crippen molar-refractivity contribution >= 4 is 31.8 Å². The fourth-order valence-electron chi connectivity index (χ4n) is 3.47. The van der Waals surface area contributed by atoms with Crippen LogP contribution in [0.2, 0.25) is 23.1 Å². The number of benzene rings is 1. The van der Waals surface area contributed by atoms with Crippen molar-refractivity contribution in [3.63, 3.8) is 0 Å². The lowest BCUT2D eigenvalue weighted by molar-refractivity contribution is 0.241. The third kappa shape index (κ3) is 13.6. The maximum absolute atomic E-state index is 6.21. The number of unbranched alkanes of at least 4 members (excludes halogenated alkanes) is 13. The van der Waals surface area contributed by atoms with Crippen molar-refractivity contribution in [3.05, 3.63) is 28.2 Å². The Morgan fingerprint density at radius 2 is 1.21 bits per heavy atom. The van der Waals surface area contributed by atoms with Gasteiger partial charge in [-0.3, -0.25) is 0 Å². The summed E-state index contributed by atoms with van der Waals surface area (Å²) in [7, 11) is -2.25. The topological polar surface area (TPSA) is 18.5 Å². The Hall–Kier alpha value is -0.223. The molecule has 0 aliphatic rings. The van der Waals surface area contributed by atoms with Crippen LogP contribution >= 0.6 is 23.2 Å². The standard InChI is InChI=1S/C24H42Cl2O2Si/c1-4-5-6-7-8-9-10-11-12-13-14-15-16-17-21-27-29(2,3)28-23-20-18-19-22(25)24(23)26/h18-20H,4-17,21H2,1-3H3. The maximum atomic E-state index is 6.21. The van der Waals surface area contributed by atoms with E-state index in [2.05, 4.69) is 6.92 Å². The zero-order valence-corrected chi connectivity index (χ0v) is 21.4. The summed E-state index contributed by atoms with van der Waals surface area (Å²) >= 11 is 12.3. The Morgan fingerprint density at radius 1 is 0.724 bits per heavy atom. The molecule has 0 aromatic heterocycles. The monoisotopic (exact) mass is 460 g/mol. The van der Waals surface area contributed by atoms with Crippen molar-refractivity contribution in [3.8, 4) is 5.75 Å². The summed E-state index contributed by atoms with van der Waals surface area (Å²) in [5, 5.41) is 0.982. The Kier molecular flexibility index (Phi) is 15.2. The fourth-order valence-corrected chi connectivity index (χ4v) is 5.26. The van der Waals surface area contributed by atoms with E-state index in [9.17, 15) is 0 Å². The smallest absolute Gasteiger partial charge is 0.392 e. The summed E-state index contributed by atoms with van der Waals surface area (Å²) in [6.45, 7) is 7.14. The second kappa shape index (κ2) is 16.5. The van der Waals surface area contributed by atoms with Crippen molar-refractivity contribution in [2.75, 3.05) is 6.61 Å². The van der Waals surface area contributed by atoms with Crippen molar-refractivity contribution < 1.29 is 8.85 Å². The minimum absolute atomic E-state index is 0.467. The summed E-state index contributed by atoms with van der Waals surface area (Å²) < 4.78 is 12.1. The lowest BCUT2D eigenvalue weighted by Gasteiger charge is -2.24. The lowest BCUT2D eigenvalue weighted by atomic mass is 10.0. The Balaban J connectivity index is 1.95. The van der Waals surface area contributed by atoms with Crippen molar-refractivity contribution in [2.24, 2.45) is 0 Å². The van der Waals surface area contributed by atoms with Crippen LogP contribution in [0, 0.1) is 0 Å². The van der Waals surface area contributed by atoms with Crippen LogP contribution in [0.25, 0.3) is 0 Å². The summed E-state index contributed by atoms with van der Waals surface area (Å²) in [6, 6.07) is 5.46. The van der Waals surface area contributed by atoms with E-state index in [0.717, 1.165) is 13.0 Å².